The second kappa shape index (κ2) is 4.73. The molecule has 0 aromatic rings. The quantitative estimate of drug-likeness (QED) is 0.723. The normalized spacial score (nSPS) is 35.5. The number of fused-ring (bicyclic) bond motifs is 1. The average Bonchev–Trinajstić information content (AvgIpc) is 2.62. The highest BCUT2D eigenvalue weighted by atomic mass is 32.2. The van der Waals surface area contributed by atoms with Crippen LogP contribution in [0.25, 0.3) is 0 Å². The lowest BCUT2D eigenvalue weighted by Crippen LogP contribution is -2.46. The first-order valence-electron chi connectivity index (χ1n) is 5.52. The zero-order valence-electron chi connectivity index (χ0n) is 8.87. The molecule has 0 aromatic carbocycles. The SMILES string of the molecule is CS(=O)CCN1CCCC2CNCC21. The fourth-order valence-corrected chi connectivity index (χ4v) is 3.18. The van der Waals surface area contributed by atoms with E-state index in [0.29, 0.717) is 0 Å². The van der Waals surface area contributed by atoms with E-state index in [9.17, 15) is 4.21 Å². The summed E-state index contributed by atoms with van der Waals surface area (Å²) in [7, 11) is -0.637. The third-order valence-electron chi connectivity index (χ3n) is 3.46. The molecule has 2 heterocycles. The van der Waals surface area contributed by atoms with Crippen LogP contribution in [-0.4, -0.2) is 53.3 Å². The molecule has 2 fully saturated rings. The van der Waals surface area contributed by atoms with E-state index in [1.165, 1.54) is 25.9 Å². The maximum Gasteiger partial charge on any atom is 0.0359 e. The van der Waals surface area contributed by atoms with E-state index >= 15 is 0 Å². The van der Waals surface area contributed by atoms with E-state index in [4.69, 9.17) is 0 Å². The molecule has 0 aliphatic carbocycles. The minimum atomic E-state index is -0.637. The van der Waals surface area contributed by atoms with Crippen molar-refractivity contribution < 1.29 is 4.21 Å². The lowest BCUT2D eigenvalue weighted by molar-refractivity contribution is 0.133. The molecule has 82 valence electrons. The maximum atomic E-state index is 11.0. The van der Waals surface area contributed by atoms with Crippen molar-refractivity contribution in [2.24, 2.45) is 5.92 Å². The number of rotatable bonds is 3. The van der Waals surface area contributed by atoms with Crippen LogP contribution in [0.3, 0.4) is 0 Å². The molecule has 0 amide bonds. The third-order valence-corrected chi connectivity index (χ3v) is 4.22. The first-order valence-corrected chi connectivity index (χ1v) is 7.25. The van der Waals surface area contributed by atoms with Gasteiger partial charge in [-0.3, -0.25) is 9.11 Å². The maximum absolute atomic E-state index is 11.0. The van der Waals surface area contributed by atoms with Crippen LogP contribution in [0.15, 0.2) is 0 Å². The van der Waals surface area contributed by atoms with Gasteiger partial charge in [0, 0.05) is 41.9 Å². The molecule has 4 heteroatoms. The van der Waals surface area contributed by atoms with Crippen molar-refractivity contribution >= 4 is 10.8 Å². The largest absolute Gasteiger partial charge is 0.315 e. The molecule has 0 spiro atoms. The fourth-order valence-electron chi connectivity index (χ4n) is 2.69. The van der Waals surface area contributed by atoms with Crippen molar-refractivity contribution in [2.75, 3.05) is 38.2 Å². The summed E-state index contributed by atoms with van der Waals surface area (Å²) in [6, 6.07) is 0.729. The van der Waals surface area contributed by atoms with Gasteiger partial charge < -0.3 is 5.32 Å². The Kier molecular flexibility index (Phi) is 3.57. The minimum Gasteiger partial charge on any atom is -0.315 e. The minimum absolute atomic E-state index is 0.637. The van der Waals surface area contributed by atoms with Crippen LogP contribution < -0.4 is 5.32 Å². The molecule has 2 saturated heterocycles. The summed E-state index contributed by atoms with van der Waals surface area (Å²) < 4.78 is 11.0. The third kappa shape index (κ3) is 2.35. The van der Waals surface area contributed by atoms with Gasteiger partial charge in [0.05, 0.1) is 0 Å². The van der Waals surface area contributed by atoms with Crippen LogP contribution in [-0.2, 0) is 10.8 Å². The molecule has 0 aromatic heterocycles. The summed E-state index contributed by atoms with van der Waals surface area (Å²) in [5, 5.41) is 3.46. The molecule has 0 bridgehead atoms. The Labute approximate surface area is 88.7 Å². The first-order chi connectivity index (χ1) is 6.77. The van der Waals surface area contributed by atoms with Gasteiger partial charge in [-0.1, -0.05) is 0 Å². The average molecular weight is 216 g/mol. The number of nitrogens with one attached hydrogen (secondary N) is 1. The zero-order valence-corrected chi connectivity index (χ0v) is 9.68. The van der Waals surface area contributed by atoms with Crippen molar-refractivity contribution in [3.05, 3.63) is 0 Å². The number of likely N-dealkylation sites (tertiary alicyclic amines) is 1. The predicted octanol–water partition coefficient (Wildman–Crippen LogP) is 0.0487. The summed E-state index contributed by atoms with van der Waals surface area (Å²) >= 11 is 0. The molecule has 2 aliphatic heterocycles. The van der Waals surface area contributed by atoms with Crippen LogP contribution >= 0.6 is 0 Å². The summed E-state index contributed by atoms with van der Waals surface area (Å²) in [5.41, 5.74) is 0. The smallest absolute Gasteiger partial charge is 0.0359 e. The summed E-state index contributed by atoms with van der Waals surface area (Å²) in [4.78, 5) is 2.54. The van der Waals surface area contributed by atoms with E-state index < -0.39 is 10.8 Å². The van der Waals surface area contributed by atoms with Gasteiger partial charge in [-0.05, 0) is 31.8 Å². The molecule has 0 radical (unpaired) electrons. The Morgan fingerprint density at radius 1 is 1.50 bits per heavy atom. The van der Waals surface area contributed by atoms with Crippen LogP contribution in [0, 0.1) is 5.92 Å². The van der Waals surface area contributed by atoms with Crippen LogP contribution in [0.5, 0.6) is 0 Å². The second-order valence-electron chi connectivity index (χ2n) is 4.44. The van der Waals surface area contributed by atoms with Gasteiger partial charge in [-0.25, -0.2) is 0 Å². The van der Waals surface area contributed by atoms with Crippen molar-refractivity contribution in [3.63, 3.8) is 0 Å². The standard InChI is InChI=1S/C10H20N2OS/c1-14(13)6-5-12-4-2-3-9-7-11-8-10(9)12/h9-11H,2-8H2,1H3. The van der Waals surface area contributed by atoms with Crippen LogP contribution in [0.4, 0.5) is 0 Å². The summed E-state index contributed by atoms with van der Waals surface area (Å²) in [6.45, 7) is 4.56. The number of nitrogens with zero attached hydrogens (tertiary/aromatic N) is 1. The van der Waals surface area contributed by atoms with E-state index in [1.54, 1.807) is 6.26 Å². The Morgan fingerprint density at radius 3 is 3.14 bits per heavy atom. The van der Waals surface area contributed by atoms with Gasteiger partial charge in [0.2, 0.25) is 0 Å². The number of piperidine rings is 1. The van der Waals surface area contributed by atoms with Crippen molar-refractivity contribution in [1.82, 2.24) is 10.2 Å². The van der Waals surface area contributed by atoms with Crippen molar-refractivity contribution in [3.8, 4) is 0 Å². The molecule has 14 heavy (non-hydrogen) atoms. The number of hydrogen-bond acceptors (Lipinski definition) is 3. The lowest BCUT2D eigenvalue weighted by atomic mass is 9.92. The van der Waals surface area contributed by atoms with Crippen LogP contribution in [0.2, 0.25) is 0 Å². The Balaban J connectivity index is 1.87. The van der Waals surface area contributed by atoms with Crippen molar-refractivity contribution in [1.29, 1.82) is 0 Å². The number of hydrogen-bond donors (Lipinski definition) is 1. The molecule has 0 saturated carbocycles. The predicted molar refractivity (Wildman–Crippen MR) is 59.9 cm³/mol. The summed E-state index contributed by atoms with van der Waals surface area (Å²) in [6.07, 6.45) is 4.50. The van der Waals surface area contributed by atoms with Gasteiger partial charge in [0.15, 0.2) is 0 Å². The van der Waals surface area contributed by atoms with E-state index in [1.807, 2.05) is 0 Å². The highest BCUT2D eigenvalue weighted by Gasteiger charge is 2.34. The molecule has 3 unspecified atom stereocenters. The Bertz CT molecular complexity index is 222. The highest BCUT2D eigenvalue weighted by molar-refractivity contribution is 7.84. The van der Waals surface area contributed by atoms with E-state index in [-0.39, 0.29) is 0 Å². The molecule has 3 atom stereocenters. The molecule has 2 aliphatic rings. The van der Waals surface area contributed by atoms with Gasteiger partial charge in [0.25, 0.3) is 0 Å². The molecule has 2 rings (SSSR count). The Morgan fingerprint density at radius 2 is 2.36 bits per heavy atom. The van der Waals surface area contributed by atoms with Gasteiger partial charge in [-0.2, -0.15) is 0 Å². The highest BCUT2D eigenvalue weighted by Crippen LogP contribution is 2.25. The van der Waals surface area contributed by atoms with E-state index in [2.05, 4.69) is 10.2 Å². The van der Waals surface area contributed by atoms with Gasteiger partial charge in [-0.15, -0.1) is 0 Å². The topological polar surface area (TPSA) is 32.3 Å². The van der Waals surface area contributed by atoms with Gasteiger partial charge in [0.1, 0.15) is 0 Å². The Hall–Kier alpha value is 0.0700. The van der Waals surface area contributed by atoms with Crippen molar-refractivity contribution in [2.45, 2.75) is 18.9 Å². The monoisotopic (exact) mass is 216 g/mol. The fraction of sp³-hybridized carbons (Fsp3) is 1.00. The molecular weight excluding hydrogens is 196 g/mol. The van der Waals surface area contributed by atoms with Crippen LogP contribution in [0.1, 0.15) is 12.8 Å². The molecule has 3 nitrogen and oxygen atoms in total. The second-order valence-corrected chi connectivity index (χ2v) is 6.00. The summed E-state index contributed by atoms with van der Waals surface area (Å²) in [5.74, 6) is 1.69. The first kappa shape index (κ1) is 10.6. The molecular formula is C10H20N2OS. The zero-order chi connectivity index (χ0) is 9.97. The lowest BCUT2D eigenvalue weighted by Gasteiger charge is -2.36. The molecule has 1 N–H and O–H groups in total. The van der Waals surface area contributed by atoms with Gasteiger partial charge >= 0.3 is 0 Å². The van der Waals surface area contributed by atoms with E-state index in [0.717, 1.165) is 30.8 Å².